The van der Waals surface area contributed by atoms with E-state index in [2.05, 4.69) is 10.4 Å². The fourth-order valence-electron chi connectivity index (χ4n) is 2.49. The van der Waals surface area contributed by atoms with Crippen LogP contribution in [-0.4, -0.2) is 21.7 Å². The lowest BCUT2D eigenvalue weighted by atomic mass is 10.0. The molecule has 5 heteroatoms. The highest BCUT2D eigenvalue weighted by Crippen LogP contribution is 2.38. The van der Waals surface area contributed by atoms with Crippen molar-refractivity contribution in [3.8, 4) is 17.0 Å². The monoisotopic (exact) mass is 271 g/mol. The fourth-order valence-corrected chi connectivity index (χ4v) is 2.49. The van der Waals surface area contributed by atoms with Gasteiger partial charge in [-0.25, -0.2) is 0 Å². The van der Waals surface area contributed by atoms with Gasteiger partial charge in [0.15, 0.2) is 5.69 Å². The molecule has 1 aliphatic rings. The second-order valence-electron chi connectivity index (χ2n) is 5.21. The first-order chi connectivity index (χ1) is 9.58. The molecule has 1 N–H and O–H groups in total. The normalized spacial score (nSPS) is 12.6. The molecule has 3 rings (SSSR count). The summed E-state index contributed by atoms with van der Waals surface area (Å²) in [6.45, 7) is 4.24. The number of para-hydroxylation sites is 1. The number of hydrogen-bond acceptors (Lipinski definition) is 3. The van der Waals surface area contributed by atoms with Gasteiger partial charge in [-0.2, -0.15) is 5.10 Å². The summed E-state index contributed by atoms with van der Waals surface area (Å²) in [4.78, 5) is 12.2. The van der Waals surface area contributed by atoms with Crippen LogP contribution >= 0.6 is 0 Å². The van der Waals surface area contributed by atoms with Gasteiger partial charge >= 0.3 is 0 Å². The summed E-state index contributed by atoms with van der Waals surface area (Å²) >= 11 is 0. The van der Waals surface area contributed by atoms with Crippen LogP contribution < -0.4 is 10.1 Å². The smallest absolute Gasteiger partial charge is 0.272 e. The zero-order valence-electron chi connectivity index (χ0n) is 11.8. The van der Waals surface area contributed by atoms with Crippen molar-refractivity contribution >= 4 is 5.91 Å². The molecule has 20 heavy (non-hydrogen) atoms. The number of carbonyl (C=O) groups is 1. The highest BCUT2D eigenvalue weighted by Gasteiger charge is 2.28. The average Bonchev–Trinajstić information content (AvgIpc) is 2.76. The van der Waals surface area contributed by atoms with E-state index < -0.39 is 0 Å². The van der Waals surface area contributed by atoms with Gasteiger partial charge in [0.25, 0.3) is 5.91 Å². The Kier molecular flexibility index (Phi) is 2.97. The lowest BCUT2D eigenvalue weighted by molar-refractivity contribution is 0.0935. The minimum absolute atomic E-state index is 0.0805. The first kappa shape index (κ1) is 12.7. The average molecular weight is 271 g/mol. The highest BCUT2D eigenvalue weighted by atomic mass is 16.5. The Morgan fingerprint density at radius 2 is 2.15 bits per heavy atom. The van der Waals surface area contributed by atoms with Crippen LogP contribution in [0.15, 0.2) is 24.3 Å². The second kappa shape index (κ2) is 4.67. The zero-order chi connectivity index (χ0) is 14.3. The summed E-state index contributed by atoms with van der Waals surface area (Å²) in [6.07, 6.45) is 0. The van der Waals surface area contributed by atoms with Crippen LogP contribution in [0.5, 0.6) is 5.75 Å². The Morgan fingerprint density at radius 3 is 2.90 bits per heavy atom. The molecular weight excluding hydrogens is 254 g/mol. The van der Waals surface area contributed by atoms with Gasteiger partial charge < -0.3 is 10.1 Å². The third-order valence-electron chi connectivity index (χ3n) is 3.29. The molecule has 0 aliphatic carbocycles. The summed E-state index contributed by atoms with van der Waals surface area (Å²) in [5.41, 5.74) is 3.24. The van der Waals surface area contributed by atoms with Crippen LogP contribution in [0.25, 0.3) is 11.3 Å². The van der Waals surface area contributed by atoms with Crippen LogP contribution in [0.1, 0.15) is 29.9 Å². The SMILES string of the molecule is CC(C)NC(=O)c1nn(C)c2c1COc1ccccc1-2. The summed E-state index contributed by atoms with van der Waals surface area (Å²) < 4.78 is 7.48. The first-order valence-electron chi connectivity index (χ1n) is 6.67. The predicted molar refractivity (Wildman–Crippen MR) is 75.6 cm³/mol. The topological polar surface area (TPSA) is 56.2 Å². The van der Waals surface area contributed by atoms with E-state index in [1.54, 1.807) is 4.68 Å². The maximum Gasteiger partial charge on any atom is 0.272 e. The number of nitrogens with zero attached hydrogens (tertiary/aromatic N) is 2. The van der Waals surface area contributed by atoms with Crippen molar-refractivity contribution in [3.63, 3.8) is 0 Å². The Balaban J connectivity index is 2.10. The van der Waals surface area contributed by atoms with Crippen molar-refractivity contribution in [2.24, 2.45) is 7.05 Å². The lowest BCUT2D eigenvalue weighted by Crippen LogP contribution is -2.31. The van der Waals surface area contributed by atoms with Gasteiger partial charge in [0.1, 0.15) is 12.4 Å². The molecule has 0 unspecified atom stereocenters. The van der Waals surface area contributed by atoms with Gasteiger partial charge in [-0.05, 0) is 26.0 Å². The zero-order valence-corrected chi connectivity index (χ0v) is 11.8. The van der Waals surface area contributed by atoms with Crippen molar-refractivity contribution < 1.29 is 9.53 Å². The summed E-state index contributed by atoms with van der Waals surface area (Å²) in [5.74, 6) is 0.679. The third-order valence-corrected chi connectivity index (χ3v) is 3.29. The van der Waals surface area contributed by atoms with Crippen LogP contribution in [0.4, 0.5) is 0 Å². The quantitative estimate of drug-likeness (QED) is 0.910. The van der Waals surface area contributed by atoms with E-state index in [9.17, 15) is 4.79 Å². The van der Waals surface area contributed by atoms with Crippen molar-refractivity contribution in [1.29, 1.82) is 0 Å². The molecule has 0 bridgehead atoms. The molecule has 1 amide bonds. The van der Waals surface area contributed by atoms with Gasteiger partial charge in [-0.15, -0.1) is 0 Å². The number of nitrogens with one attached hydrogen (secondary N) is 1. The van der Waals surface area contributed by atoms with Crippen LogP contribution in [0, 0.1) is 0 Å². The van der Waals surface area contributed by atoms with Crippen LogP contribution in [0.3, 0.4) is 0 Å². The largest absolute Gasteiger partial charge is 0.488 e. The minimum atomic E-state index is -0.153. The lowest BCUT2D eigenvalue weighted by Gasteiger charge is -2.18. The van der Waals surface area contributed by atoms with E-state index >= 15 is 0 Å². The standard InChI is InChI=1S/C15H17N3O2/c1-9(2)16-15(19)13-11-8-20-12-7-5-4-6-10(12)14(11)18(3)17-13/h4-7,9H,8H2,1-3H3,(H,16,19). The Morgan fingerprint density at radius 1 is 1.40 bits per heavy atom. The molecular formula is C15H17N3O2. The van der Waals surface area contributed by atoms with Crippen LogP contribution in [0.2, 0.25) is 0 Å². The minimum Gasteiger partial charge on any atom is -0.488 e. The third kappa shape index (κ3) is 1.95. The number of aryl methyl sites for hydroxylation is 1. The molecule has 0 spiro atoms. The molecule has 0 fully saturated rings. The van der Waals surface area contributed by atoms with E-state index in [-0.39, 0.29) is 11.9 Å². The number of amides is 1. The Bertz CT molecular complexity index is 674. The second-order valence-corrected chi connectivity index (χ2v) is 5.21. The number of fused-ring (bicyclic) bond motifs is 3. The maximum atomic E-state index is 12.2. The fraction of sp³-hybridized carbons (Fsp3) is 0.333. The summed E-state index contributed by atoms with van der Waals surface area (Å²) in [6, 6.07) is 7.89. The predicted octanol–water partition coefficient (Wildman–Crippen LogP) is 2.12. The molecule has 2 heterocycles. The van der Waals surface area contributed by atoms with E-state index in [1.165, 1.54) is 0 Å². The molecule has 0 radical (unpaired) electrons. The van der Waals surface area contributed by atoms with Crippen molar-refractivity contribution in [1.82, 2.24) is 15.1 Å². The molecule has 104 valence electrons. The Hall–Kier alpha value is -2.30. The molecule has 0 atom stereocenters. The molecule has 1 aromatic carbocycles. The number of ether oxygens (including phenoxy) is 1. The van der Waals surface area contributed by atoms with Crippen LogP contribution in [-0.2, 0) is 13.7 Å². The number of carbonyl (C=O) groups excluding carboxylic acids is 1. The van der Waals surface area contributed by atoms with Crippen molar-refractivity contribution in [2.75, 3.05) is 0 Å². The molecule has 0 saturated carbocycles. The van der Waals surface area contributed by atoms with Gasteiger partial charge in [-0.3, -0.25) is 9.48 Å². The van der Waals surface area contributed by atoms with Gasteiger partial charge in [0, 0.05) is 24.2 Å². The number of rotatable bonds is 2. The summed E-state index contributed by atoms with van der Waals surface area (Å²) in [5, 5.41) is 7.24. The van der Waals surface area contributed by atoms with Crippen molar-refractivity contribution in [3.05, 3.63) is 35.5 Å². The van der Waals surface area contributed by atoms with Crippen molar-refractivity contribution in [2.45, 2.75) is 26.5 Å². The number of hydrogen-bond donors (Lipinski definition) is 1. The van der Waals surface area contributed by atoms with E-state index in [0.29, 0.717) is 12.3 Å². The van der Waals surface area contributed by atoms with Gasteiger partial charge in [0.05, 0.1) is 5.69 Å². The van der Waals surface area contributed by atoms with Gasteiger partial charge in [0.2, 0.25) is 0 Å². The van der Waals surface area contributed by atoms with E-state index in [0.717, 1.165) is 22.6 Å². The van der Waals surface area contributed by atoms with E-state index in [1.807, 2.05) is 45.2 Å². The molecule has 0 saturated heterocycles. The Labute approximate surface area is 117 Å². The molecule has 1 aliphatic heterocycles. The highest BCUT2D eigenvalue weighted by molar-refractivity contribution is 5.96. The first-order valence-corrected chi connectivity index (χ1v) is 6.67. The molecule has 5 nitrogen and oxygen atoms in total. The van der Waals surface area contributed by atoms with E-state index in [4.69, 9.17) is 4.74 Å². The summed E-state index contributed by atoms with van der Waals surface area (Å²) in [7, 11) is 1.85. The molecule has 1 aromatic heterocycles. The molecule has 2 aromatic rings. The number of aromatic nitrogens is 2. The van der Waals surface area contributed by atoms with Gasteiger partial charge in [-0.1, -0.05) is 12.1 Å². The number of benzene rings is 1. The maximum absolute atomic E-state index is 12.2.